The summed E-state index contributed by atoms with van der Waals surface area (Å²) in [6.07, 6.45) is 3.55. The van der Waals surface area contributed by atoms with Gasteiger partial charge in [-0.25, -0.2) is 0 Å². The van der Waals surface area contributed by atoms with E-state index in [0.717, 1.165) is 29.3 Å². The third-order valence-electron chi connectivity index (χ3n) is 3.17. The van der Waals surface area contributed by atoms with Crippen molar-refractivity contribution in [2.75, 3.05) is 0 Å². The molecular formula is C13H17BrN2O. The average molecular weight is 297 g/mol. The fourth-order valence-electron chi connectivity index (χ4n) is 2.26. The maximum Gasteiger partial charge on any atom is 0.224 e. The summed E-state index contributed by atoms with van der Waals surface area (Å²) >= 11 is 3.40. The zero-order chi connectivity index (χ0) is 12.3. The van der Waals surface area contributed by atoms with E-state index >= 15 is 0 Å². The fraction of sp³-hybridized carbons (Fsp3) is 0.462. The van der Waals surface area contributed by atoms with E-state index in [2.05, 4.69) is 21.2 Å². The molecule has 1 aromatic carbocycles. The molecule has 1 saturated carbocycles. The molecule has 1 aliphatic rings. The van der Waals surface area contributed by atoms with Crippen molar-refractivity contribution in [1.29, 1.82) is 0 Å². The van der Waals surface area contributed by atoms with Gasteiger partial charge in [-0.2, -0.15) is 0 Å². The minimum Gasteiger partial charge on any atom is -0.352 e. The average Bonchev–Trinajstić information content (AvgIpc) is 2.64. The van der Waals surface area contributed by atoms with Crippen LogP contribution in [0, 0.1) is 0 Å². The molecule has 3 nitrogen and oxygen atoms in total. The minimum atomic E-state index is 0.0606. The SMILES string of the molecule is NC1CCCC1NC(=O)Cc1cccc(Br)c1. The highest BCUT2D eigenvalue weighted by Gasteiger charge is 2.25. The van der Waals surface area contributed by atoms with E-state index in [1.54, 1.807) is 0 Å². The summed E-state index contributed by atoms with van der Waals surface area (Å²) in [6.45, 7) is 0. The molecule has 1 fully saturated rings. The first-order chi connectivity index (χ1) is 8.15. The molecule has 0 aromatic heterocycles. The Morgan fingerprint density at radius 1 is 1.47 bits per heavy atom. The second-order valence-corrected chi connectivity index (χ2v) is 5.49. The van der Waals surface area contributed by atoms with Gasteiger partial charge in [-0.1, -0.05) is 28.1 Å². The van der Waals surface area contributed by atoms with Crippen molar-refractivity contribution in [3.05, 3.63) is 34.3 Å². The lowest BCUT2D eigenvalue weighted by Crippen LogP contribution is -2.44. The molecule has 0 radical (unpaired) electrons. The number of nitrogens with one attached hydrogen (secondary N) is 1. The van der Waals surface area contributed by atoms with Crippen LogP contribution in [0.4, 0.5) is 0 Å². The topological polar surface area (TPSA) is 55.1 Å². The molecule has 1 aromatic rings. The number of hydrogen-bond donors (Lipinski definition) is 2. The Kier molecular flexibility index (Phi) is 4.18. The Morgan fingerprint density at radius 3 is 2.94 bits per heavy atom. The number of carbonyl (C=O) groups excluding carboxylic acids is 1. The molecule has 0 saturated heterocycles. The van der Waals surface area contributed by atoms with E-state index in [9.17, 15) is 4.79 Å². The van der Waals surface area contributed by atoms with Crippen molar-refractivity contribution >= 4 is 21.8 Å². The third kappa shape index (κ3) is 3.54. The smallest absolute Gasteiger partial charge is 0.224 e. The van der Waals surface area contributed by atoms with E-state index < -0.39 is 0 Å². The molecular weight excluding hydrogens is 280 g/mol. The van der Waals surface area contributed by atoms with Gasteiger partial charge in [-0.3, -0.25) is 4.79 Å². The highest BCUT2D eigenvalue weighted by atomic mass is 79.9. The summed E-state index contributed by atoms with van der Waals surface area (Å²) in [5.74, 6) is 0.0606. The number of hydrogen-bond acceptors (Lipinski definition) is 2. The molecule has 0 heterocycles. The first-order valence-electron chi connectivity index (χ1n) is 5.94. The highest BCUT2D eigenvalue weighted by Crippen LogP contribution is 2.17. The molecule has 92 valence electrons. The number of halogens is 1. The van der Waals surface area contributed by atoms with Crippen LogP contribution in [0.25, 0.3) is 0 Å². The molecule has 17 heavy (non-hydrogen) atoms. The number of nitrogens with two attached hydrogens (primary N) is 1. The summed E-state index contributed by atoms with van der Waals surface area (Å²) in [7, 11) is 0. The van der Waals surface area contributed by atoms with Crippen LogP contribution < -0.4 is 11.1 Å². The summed E-state index contributed by atoms with van der Waals surface area (Å²) in [6, 6.07) is 8.10. The number of carbonyl (C=O) groups is 1. The van der Waals surface area contributed by atoms with Crippen LogP contribution in [0.1, 0.15) is 24.8 Å². The first-order valence-corrected chi connectivity index (χ1v) is 6.74. The summed E-state index contributed by atoms with van der Waals surface area (Å²) in [5.41, 5.74) is 6.94. The van der Waals surface area contributed by atoms with Crippen molar-refractivity contribution in [2.24, 2.45) is 5.73 Å². The van der Waals surface area contributed by atoms with Crippen LogP contribution in [-0.4, -0.2) is 18.0 Å². The van der Waals surface area contributed by atoms with Gasteiger partial charge in [-0.15, -0.1) is 0 Å². The molecule has 1 aliphatic carbocycles. The van der Waals surface area contributed by atoms with E-state index in [1.165, 1.54) is 0 Å². The zero-order valence-electron chi connectivity index (χ0n) is 9.66. The lowest BCUT2D eigenvalue weighted by Gasteiger charge is -2.17. The van der Waals surface area contributed by atoms with E-state index in [1.807, 2.05) is 24.3 Å². The molecule has 0 bridgehead atoms. The normalized spacial score (nSPS) is 23.6. The maximum atomic E-state index is 11.8. The van der Waals surface area contributed by atoms with Crippen molar-refractivity contribution in [3.8, 4) is 0 Å². The number of amides is 1. The Hall–Kier alpha value is -0.870. The van der Waals surface area contributed by atoms with Gasteiger partial charge in [-0.05, 0) is 37.0 Å². The van der Waals surface area contributed by atoms with Gasteiger partial charge in [0.05, 0.1) is 6.42 Å². The molecule has 2 atom stereocenters. The van der Waals surface area contributed by atoms with Crippen molar-refractivity contribution < 1.29 is 4.79 Å². The molecule has 0 spiro atoms. The van der Waals surface area contributed by atoms with Gasteiger partial charge in [0.2, 0.25) is 5.91 Å². The van der Waals surface area contributed by atoms with E-state index in [0.29, 0.717) is 6.42 Å². The van der Waals surface area contributed by atoms with Gasteiger partial charge in [0.1, 0.15) is 0 Å². The van der Waals surface area contributed by atoms with Gasteiger partial charge < -0.3 is 11.1 Å². The van der Waals surface area contributed by atoms with Gasteiger partial charge in [0, 0.05) is 16.6 Å². The minimum absolute atomic E-state index is 0.0606. The van der Waals surface area contributed by atoms with Crippen LogP contribution in [0.2, 0.25) is 0 Å². The van der Waals surface area contributed by atoms with Crippen molar-refractivity contribution in [3.63, 3.8) is 0 Å². The van der Waals surface area contributed by atoms with Gasteiger partial charge >= 0.3 is 0 Å². The highest BCUT2D eigenvalue weighted by molar-refractivity contribution is 9.10. The van der Waals surface area contributed by atoms with Gasteiger partial charge in [0.25, 0.3) is 0 Å². The molecule has 0 aliphatic heterocycles. The van der Waals surface area contributed by atoms with Gasteiger partial charge in [0.15, 0.2) is 0 Å². The van der Waals surface area contributed by atoms with E-state index in [4.69, 9.17) is 5.73 Å². The molecule has 2 rings (SSSR count). The Balaban J connectivity index is 1.89. The zero-order valence-corrected chi connectivity index (χ0v) is 11.2. The Labute approximate surface area is 110 Å². The predicted molar refractivity (Wildman–Crippen MR) is 71.6 cm³/mol. The summed E-state index contributed by atoms with van der Waals surface area (Å²) in [4.78, 5) is 11.8. The van der Waals surface area contributed by atoms with Crippen molar-refractivity contribution in [1.82, 2.24) is 5.32 Å². The lowest BCUT2D eigenvalue weighted by atomic mass is 10.1. The standard InChI is InChI=1S/C13H17BrN2O/c14-10-4-1-3-9(7-10)8-13(17)16-12-6-2-5-11(12)15/h1,3-4,7,11-12H,2,5-6,8,15H2,(H,16,17). The van der Waals surface area contributed by atoms with E-state index in [-0.39, 0.29) is 18.0 Å². The predicted octanol–water partition coefficient (Wildman–Crippen LogP) is 1.99. The van der Waals surface area contributed by atoms with Crippen LogP contribution in [-0.2, 0) is 11.2 Å². The Bertz CT molecular complexity index is 408. The first kappa shape index (κ1) is 12.6. The van der Waals surface area contributed by atoms with Crippen LogP contribution in [0.3, 0.4) is 0 Å². The molecule has 3 N–H and O–H groups in total. The molecule has 4 heteroatoms. The quantitative estimate of drug-likeness (QED) is 0.896. The number of rotatable bonds is 3. The third-order valence-corrected chi connectivity index (χ3v) is 3.66. The lowest BCUT2D eigenvalue weighted by molar-refractivity contribution is -0.121. The second-order valence-electron chi connectivity index (χ2n) is 4.58. The van der Waals surface area contributed by atoms with Crippen LogP contribution in [0.5, 0.6) is 0 Å². The Morgan fingerprint density at radius 2 is 2.29 bits per heavy atom. The molecule has 1 amide bonds. The van der Waals surface area contributed by atoms with Crippen LogP contribution >= 0.6 is 15.9 Å². The molecule has 2 unspecified atom stereocenters. The van der Waals surface area contributed by atoms with Crippen LogP contribution in [0.15, 0.2) is 28.7 Å². The second kappa shape index (κ2) is 5.65. The van der Waals surface area contributed by atoms with Crippen molar-refractivity contribution in [2.45, 2.75) is 37.8 Å². The largest absolute Gasteiger partial charge is 0.352 e. The monoisotopic (exact) mass is 296 g/mol. The fourth-order valence-corrected chi connectivity index (χ4v) is 2.70. The number of benzene rings is 1. The summed E-state index contributed by atoms with van der Waals surface area (Å²) in [5, 5.41) is 3.02. The maximum absolute atomic E-state index is 11.8. The summed E-state index contributed by atoms with van der Waals surface area (Å²) < 4.78 is 1.00.